The first-order valence-electron chi connectivity index (χ1n) is 9.85. The summed E-state index contributed by atoms with van der Waals surface area (Å²) in [5.41, 5.74) is 1.78. The number of hydrogen-bond donors (Lipinski definition) is 1. The molecular weight excluding hydrogens is 388 g/mol. The molecule has 1 aliphatic rings. The van der Waals surface area contributed by atoms with E-state index >= 15 is 0 Å². The minimum Gasteiger partial charge on any atom is -0.368 e. The lowest BCUT2D eigenvalue weighted by molar-refractivity contribution is -0.131. The molecule has 152 valence electrons. The van der Waals surface area contributed by atoms with Gasteiger partial charge in [0.2, 0.25) is 16.0 Å². The molecule has 3 heterocycles. The number of benzene rings is 1. The Morgan fingerprint density at radius 3 is 2.66 bits per heavy atom. The van der Waals surface area contributed by atoms with Crippen LogP contribution in [0.3, 0.4) is 0 Å². The minimum atomic E-state index is -0.177. The van der Waals surface area contributed by atoms with E-state index in [4.69, 9.17) is 0 Å². The van der Waals surface area contributed by atoms with Crippen LogP contribution < -0.4 is 15.8 Å². The van der Waals surface area contributed by atoms with Crippen molar-refractivity contribution >= 4 is 33.0 Å². The highest BCUT2D eigenvalue weighted by molar-refractivity contribution is 7.20. The van der Waals surface area contributed by atoms with Gasteiger partial charge in [-0.05, 0) is 18.6 Å². The number of anilines is 2. The fourth-order valence-corrected chi connectivity index (χ4v) is 4.25. The van der Waals surface area contributed by atoms with Crippen molar-refractivity contribution in [1.82, 2.24) is 19.5 Å². The fourth-order valence-electron chi connectivity index (χ4n) is 3.40. The predicted molar refractivity (Wildman–Crippen MR) is 115 cm³/mol. The van der Waals surface area contributed by atoms with Crippen LogP contribution in [0.2, 0.25) is 0 Å². The van der Waals surface area contributed by atoms with Gasteiger partial charge in [0.1, 0.15) is 0 Å². The molecule has 0 saturated carbocycles. The van der Waals surface area contributed by atoms with Gasteiger partial charge in [0.05, 0.1) is 0 Å². The number of hydrogen-bond acceptors (Lipinski definition) is 7. The topological polar surface area (TPSA) is 82.8 Å². The first-order valence-corrected chi connectivity index (χ1v) is 10.7. The van der Waals surface area contributed by atoms with Crippen molar-refractivity contribution in [3.8, 4) is 0 Å². The molecule has 1 saturated heterocycles. The summed E-state index contributed by atoms with van der Waals surface area (Å²) in [6.07, 6.45) is 1.10. The molecule has 1 aromatic carbocycles. The Labute approximate surface area is 172 Å². The number of para-hydroxylation sites is 1. The molecule has 0 radical (unpaired) electrons. The van der Waals surface area contributed by atoms with Crippen molar-refractivity contribution in [1.29, 1.82) is 0 Å². The second-order valence-electron chi connectivity index (χ2n) is 6.92. The minimum absolute atomic E-state index is 0.134. The van der Waals surface area contributed by atoms with Crippen LogP contribution in [0.1, 0.15) is 19.0 Å². The number of aromatic nitrogens is 3. The maximum absolute atomic E-state index is 12.5. The Hall–Kier alpha value is -2.94. The number of nitrogens with zero attached hydrogens (tertiary/aromatic N) is 5. The summed E-state index contributed by atoms with van der Waals surface area (Å²) < 4.78 is 1.30. The molecule has 4 rings (SSSR count). The third kappa shape index (κ3) is 4.40. The lowest BCUT2D eigenvalue weighted by Crippen LogP contribution is -2.49. The Kier molecular flexibility index (Phi) is 5.75. The quantitative estimate of drug-likeness (QED) is 0.666. The van der Waals surface area contributed by atoms with Crippen LogP contribution in [-0.2, 0) is 11.2 Å². The van der Waals surface area contributed by atoms with E-state index in [2.05, 4.69) is 32.4 Å². The maximum Gasteiger partial charge on any atom is 0.275 e. The van der Waals surface area contributed by atoms with E-state index in [1.54, 1.807) is 0 Å². The van der Waals surface area contributed by atoms with Gasteiger partial charge in [-0.2, -0.15) is 4.52 Å². The number of carbonyl (C=O) groups is 1. The maximum atomic E-state index is 12.5. The summed E-state index contributed by atoms with van der Waals surface area (Å²) in [5.74, 6) is 0.134. The molecule has 1 aliphatic heterocycles. The van der Waals surface area contributed by atoms with Gasteiger partial charge in [-0.1, -0.05) is 36.5 Å². The lowest BCUT2D eigenvalue weighted by Gasteiger charge is -2.36. The number of fused-ring (bicyclic) bond motifs is 1. The largest absolute Gasteiger partial charge is 0.368 e. The number of carbonyl (C=O) groups excluding carboxylic acids is 1. The molecule has 8 nitrogen and oxygen atoms in total. The molecule has 2 aromatic heterocycles. The number of piperazine rings is 1. The Bertz CT molecular complexity index is 1040. The van der Waals surface area contributed by atoms with Crippen LogP contribution in [-0.4, -0.2) is 58.1 Å². The van der Waals surface area contributed by atoms with E-state index in [1.807, 2.05) is 30.0 Å². The van der Waals surface area contributed by atoms with Crippen LogP contribution in [0.25, 0.3) is 4.96 Å². The van der Waals surface area contributed by atoms with Crippen LogP contribution in [0.5, 0.6) is 0 Å². The Balaban J connectivity index is 1.28. The van der Waals surface area contributed by atoms with Crippen LogP contribution in [0, 0.1) is 0 Å². The Morgan fingerprint density at radius 1 is 1.17 bits per heavy atom. The lowest BCUT2D eigenvalue weighted by atomic mass is 10.2. The van der Waals surface area contributed by atoms with Gasteiger partial charge in [-0.3, -0.25) is 9.59 Å². The van der Waals surface area contributed by atoms with Gasteiger partial charge in [0.15, 0.2) is 0 Å². The van der Waals surface area contributed by atoms with Crippen LogP contribution >= 0.6 is 11.3 Å². The number of amides is 1. The highest BCUT2D eigenvalue weighted by Gasteiger charge is 2.21. The second kappa shape index (κ2) is 8.60. The molecule has 1 N–H and O–H groups in total. The normalized spacial score (nSPS) is 14.4. The van der Waals surface area contributed by atoms with Gasteiger partial charge in [0.25, 0.3) is 5.56 Å². The first kappa shape index (κ1) is 19.4. The number of rotatable bonds is 6. The van der Waals surface area contributed by atoms with Crippen LogP contribution in [0.15, 0.2) is 41.2 Å². The molecular formula is C20H24N6O2S. The zero-order chi connectivity index (χ0) is 20.2. The predicted octanol–water partition coefficient (Wildman–Crippen LogP) is 1.86. The molecule has 29 heavy (non-hydrogen) atoms. The third-order valence-electron chi connectivity index (χ3n) is 5.03. The van der Waals surface area contributed by atoms with Gasteiger partial charge in [-0.15, -0.1) is 5.10 Å². The fraction of sp³-hybridized carbons (Fsp3) is 0.400. The highest BCUT2D eigenvalue weighted by atomic mass is 32.1. The molecule has 1 amide bonds. The average molecular weight is 413 g/mol. The molecule has 0 aliphatic carbocycles. The average Bonchev–Trinajstić information content (AvgIpc) is 3.18. The summed E-state index contributed by atoms with van der Waals surface area (Å²) in [7, 11) is 0. The standard InChI is InChI=1S/C20H24N6O2S/c1-2-15-14-18(28)26-20(22-15)29-19(23-26)21-9-8-17(27)25-12-10-24(11-13-25)16-6-4-3-5-7-16/h3-7,14H,2,8-13H2,1H3,(H,21,23). The van der Waals surface area contributed by atoms with Crippen molar-refractivity contribution in [2.45, 2.75) is 19.8 Å². The zero-order valence-electron chi connectivity index (χ0n) is 16.4. The van der Waals surface area contributed by atoms with Gasteiger partial charge in [0, 0.05) is 56.6 Å². The Morgan fingerprint density at radius 2 is 1.93 bits per heavy atom. The molecule has 0 atom stereocenters. The van der Waals surface area contributed by atoms with Crippen molar-refractivity contribution in [2.75, 3.05) is 42.9 Å². The van der Waals surface area contributed by atoms with Crippen LogP contribution in [0.4, 0.5) is 10.8 Å². The summed E-state index contributed by atoms with van der Waals surface area (Å²) >= 11 is 1.32. The second-order valence-corrected chi connectivity index (χ2v) is 7.88. The van der Waals surface area contributed by atoms with E-state index < -0.39 is 0 Å². The van der Waals surface area contributed by atoms with Gasteiger partial charge >= 0.3 is 0 Å². The molecule has 0 spiro atoms. The van der Waals surface area contributed by atoms with Crippen molar-refractivity contribution in [2.24, 2.45) is 0 Å². The molecule has 0 unspecified atom stereocenters. The molecule has 0 bridgehead atoms. The molecule has 3 aromatic rings. The summed E-state index contributed by atoms with van der Waals surface area (Å²) in [4.78, 5) is 33.8. The van der Waals surface area contributed by atoms with Crippen molar-refractivity contribution in [3.63, 3.8) is 0 Å². The first-order chi connectivity index (χ1) is 14.1. The van der Waals surface area contributed by atoms with Crippen molar-refractivity contribution in [3.05, 3.63) is 52.4 Å². The summed E-state index contributed by atoms with van der Waals surface area (Å²) in [6.45, 7) is 5.59. The van der Waals surface area contributed by atoms with Crippen molar-refractivity contribution < 1.29 is 4.79 Å². The number of aryl methyl sites for hydroxylation is 1. The van der Waals surface area contributed by atoms with Gasteiger partial charge < -0.3 is 15.1 Å². The molecule has 1 fully saturated rings. The molecule has 9 heteroatoms. The highest BCUT2D eigenvalue weighted by Crippen LogP contribution is 2.18. The smallest absolute Gasteiger partial charge is 0.275 e. The van der Waals surface area contributed by atoms with Gasteiger partial charge in [-0.25, -0.2) is 4.98 Å². The number of nitrogens with one attached hydrogen (secondary N) is 1. The summed E-state index contributed by atoms with van der Waals surface area (Å²) in [6, 6.07) is 11.8. The van der Waals surface area contributed by atoms with E-state index in [0.29, 0.717) is 29.5 Å². The monoisotopic (exact) mass is 412 g/mol. The van der Waals surface area contributed by atoms with E-state index in [-0.39, 0.29) is 11.5 Å². The van der Waals surface area contributed by atoms with E-state index in [0.717, 1.165) is 31.9 Å². The van der Waals surface area contributed by atoms with E-state index in [9.17, 15) is 9.59 Å². The SMILES string of the molecule is CCc1cc(=O)n2nc(NCCC(=O)N3CCN(c4ccccc4)CC3)sc2n1. The third-order valence-corrected chi connectivity index (χ3v) is 5.90. The summed E-state index contributed by atoms with van der Waals surface area (Å²) in [5, 5.41) is 8.01. The zero-order valence-corrected chi connectivity index (χ0v) is 17.2. The van der Waals surface area contributed by atoms with E-state index in [1.165, 1.54) is 27.6 Å².